The van der Waals surface area contributed by atoms with Gasteiger partial charge in [-0.3, -0.25) is 4.79 Å². The Bertz CT molecular complexity index is 714. The van der Waals surface area contributed by atoms with Gasteiger partial charge in [-0.1, -0.05) is 55.8 Å². The Morgan fingerprint density at radius 3 is 2.26 bits per heavy atom. The molecule has 0 spiro atoms. The molecule has 144 valence electrons. The van der Waals surface area contributed by atoms with Crippen LogP contribution in [0.5, 0.6) is 0 Å². The number of primary amides is 1. The molecule has 0 atom stereocenters. The smallest absolute Gasteiger partial charge is 0.322 e. The van der Waals surface area contributed by atoms with Crippen molar-refractivity contribution in [2.24, 2.45) is 5.73 Å². The van der Waals surface area contributed by atoms with E-state index in [4.69, 9.17) is 5.73 Å². The highest BCUT2D eigenvalue weighted by Gasteiger charge is 2.14. The van der Waals surface area contributed by atoms with Crippen LogP contribution in [0.3, 0.4) is 0 Å². The Morgan fingerprint density at radius 1 is 0.963 bits per heavy atom. The first kappa shape index (κ1) is 20.5. The number of aryl methyl sites for hydroxylation is 1. The zero-order valence-corrected chi connectivity index (χ0v) is 16.0. The van der Waals surface area contributed by atoms with Crippen LogP contribution < -0.4 is 11.1 Å². The number of nitrogens with zero attached hydrogens (tertiary/aromatic N) is 1. The van der Waals surface area contributed by atoms with Crippen LogP contribution in [0, 0.1) is 0 Å². The number of para-hydroxylation sites is 1. The minimum absolute atomic E-state index is 0.180. The lowest BCUT2D eigenvalue weighted by atomic mass is 10.1. The molecule has 0 aromatic heterocycles. The number of hydrogen-bond acceptors (Lipinski definition) is 2. The third kappa shape index (κ3) is 7.52. The Kier molecular flexibility index (Phi) is 8.36. The van der Waals surface area contributed by atoms with Crippen LogP contribution in [-0.2, 0) is 17.8 Å². The molecule has 2 rings (SSSR count). The lowest BCUT2D eigenvalue weighted by molar-refractivity contribution is -0.118. The first-order chi connectivity index (χ1) is 13.1. The predicted molar refractivity (Wildman–Crippen MR) is 109 cm³/mol. The average Bonchev–Trinajstić information content (AvgIpc) is 2.67. The van der Waals surface area contributed by atoms with Crippen LogP contribution in [0.1, 0.15) is 43.7 Å². The normalized spacial score (nSPS) is 10.4. The summed E-state index contributed by atoms with van der Waals surface area (Å²) in [5.74, 6) is -0.348. The van der Waals surface area contributed by atoms with Gasteiger partial charge < -0.3 is 16.0 Å². The van der Waals surface area contributed by atoms with E-state index in [0.29, 0.717) is 19.5 Å². The summed E-state index contributed by atoms with van der Waals surface area (Å²) in [6.07, 6.45) is 4.25. The number of hydrogen-bond donors (Lipinski definition) is 2. The SMILES string of the molecule is CCCCc1ccc(CN(CCCC(N)=O)C(=O)Nc2ccccc2)cc1. The number of unbranched alkanes of at least 4 members (excludes halogenated alkanes) is 1. The van der Waals surface area contributed by atoms with E-state index in [2.05, 4.69) is 36.5 Å². The number of carbonyl (C=O) groups excluding carboxylic acids is 2. The van der Waals surface area contributed by atoms with Gasteiger partial charge in [0, 0.05) is 25.2 Å². The van der Waals surface area contributed by atoms with Gasteiger partial charge in [0.15, 0.2) is 0 Å². The van der Waals surface area contributed by atoms with Crippen LogP contribution >= 0.6 is 0 Å². The van der Waals surface area contributed by atoms with Gasteiger partial charge in [0.1, 0.15) is 0 Å². The maximum absolute atomic E-state index is 12.7. The molecule has 27 heavy (non-hydrogen) atoms. The molecule has 0 radical (unpaired) electrons. The number of nitrogens with one attached hydrogen (secondary N) is 1. The van der Waals surface area contributed by atoms with Gasteiger partial charge in [0.2, 0.25) is 5.91 Å². The topological polar surface area (TPSA) is 75.4 Å². The molecule has 3 N–H and O–H groups in total. The molecule has 3 amide bonds. The van der Waals surface area contributed by atoms with E-state index in [0.717, 1.165) is 17.7 Å². The van der Waals surface area contributed by atoms with E-state index in [1.807, 2.05) is 30.3 Å². The fourth-order valence-corrected chi connectivity index (χ4v) is 2.83. The van der Waals surface area contributed by atoms with Crippen molar-refractivity contribution in [3.05, 3.63) is 65.7 Å². The highest BCUT2D eigenvalue weighted by Crippen LogP contribution is 2.13. The number of benzene rings is 2. The van der Waals surface area contributed by atoms with E-state index in [1.165, 1.54) is 18.4 Å². The fraction of sp³-hybridized carbons (Fsp3) is 0.364. The summed E-state index contributed by atoms with van der Waals surface area (Å²) in [5, 5.41) is 2.91. The first-order valence-electron chi connectivity index (χ1n) is 9.55. The number of anilines is 1. The van der Waals surface area contributed by atoms with Crippen LogP contribution in [0.25, 0.3) is 0 Å². The summed E-state index contributed by atoms with van der Waals surface area (Å²) in [6, 6.07) is 17.6. The molecule has 0 saturated heterocycles. The van der Waals surface area contributed by atoms with Crippen LogP contribution in [0.2, 0.25) is 0 Å². The number of carbonyl (C=O) groups is 2. The molecule has 0 aliphatic carbocycles. The predicted octanol–water partition coefficient (Wildman–Crippen LogP) is 4.33. The zero-order chi connectivity index (χ0) is 19.5. The van der Waals surface area contributed by atoms with E-state index >= 15 is 0 Å². The molecular formula is C22H29N3O2. The minimum atomic E-state index is -0.348. The quantitative estimate of drug-likeness (QED) is 0.656. The first-order valence-corrected chi connectivity index (χ1v) is 9.55. The second kappa shape index (κ2) is 11.0. The highest BCUT2D eigenvalue weighted by atomic mass is 16.2. The fourth-order valence-electron chi connectivity index (χ4n) is 2.83. The van der Waals surface area contributed by atoms with E-state index in [-0.39, 0.29) is 18.4 Å². The molecule has 0 aliphatic rings. The number of amides is 3. The van der Waals surface area contributed by atoms with Crippen LogP contribution in [-0.4, -0.2) is 23.4 Å². The van der Waals surface area contributed by atoms with Gasteiger partial charge in [-0.2, -0.15) is 0 Å². The molecule has 0 fully saturated rings. The molecule has 0 aliphatic heterocycles. The summed E-state index contributed by atoms with van der Waals surface area (Å²) in [7, 11) is 0. The molecular weight excluding hydrogens is 338 g/mol. The maximum Gasteiger partial charge on any atom is 0.322 e. The van der Waals surface area contributed by atoms with Crippen molar-refractivity contribution in [3.63, 3.8) is 0 Å². The van der Waals surface area contributed by atoms with Crippen LogP contribution in [0.15, 0.2) is 54.6 Å². The summed E-state index contributed by atoms with van der Waals surface area (Å²) >= 11 is 0. The lowest BCUT2D eigenvalue weighted by Gasteiger charge is -2.23. The van der Waals surface area contributed by atoms with Crippen molar-refractivity contribution in [1.29, 1.82) is 0 Å². The van der Waals surface area contributed by atoms with Gasteiger partial charge >= 0.3 is 6.03 Å². The Morgan fingerprint density at radius 2 is 1.63 bits per heavy atom. The number of rotatable bonds is 10. The van der Waals surface area contributed by atoms with E-state index < -0.39 is 0 Å². The standard InChI is InChI=1S/C22H29N3O2/c1-2-3-8-18-12-14-19(15-13-18)17-25(16-7-11-21(23)26)22(27)24-20-9-5-4-6-10-20/h4-6,9-10,12-15H,2-3,7-8,11,16-17H2,1H3,(H2,23,26)(H,24,27). The molecule has 2 aromatic carbocycles. The second-order valence-corrected chi connectivity index (χ2v) is 6.71. The van der Waals surface area contributed by atoms with E-state index in [1.54, 1.807) is 4.90 Å². The zero-order valence-electron chi connectivity index (χ0n) is 16.0. The number of urea groups is 1. The highest BCUT2D eigenvalue weighted by molar-refractivity contribution is 5.89. The number of nitrogens with two attached hydrogens (primary N) is 1. The monoisotopic (exact) mass is 367 g/mol. The van der Waals surface area contributed by atoms with Crippen molar-refractivity contribution >= 4 is 17.6 Å². The summed E-state index contributed by atoms with van der Waals surface area (Å²) in [6.45, 7) is 3.15. The van der Waals surface area contributed by atoms with Crippen LogP contribution in [0.4, 0.5) is 10.5 Å². The molecule has 2 aromatic rings. The Labute approximate surface area is 161 Å². The lowest BCUT2D eigenvalue weighted by Crippen LogP contribution is -2.35. The van der Waals surface area contributed by atoms with Gasteiger partial charge in [0.05, 0.1) is 0 Å². The van der Waals surface area contributed by atoms with Crippen molar-refractivity contribution in [3.8, 4) is 0 Å². The molecule has 5 heteroatoms. The van der Waals surface area contributed by atoms with Crippen molar-refractivity contribution in [2.75, 3.05) is 11.9 Å². The molecule has 0 unspecified atom stereocenters. The third-order valence-corrected chi connectivity index (χ3v) is 4.38. The summed E-state index contributed by atoms with van der Waals surface area (Å²) in [5.41, 5.74) is 8.36. The van der Waals surface area contributed by atoms with Crippen molar-refractivity contribution in [2.45, 2.75) is 45.6 Å². The Hall–Kier alpha value is -2.82. The summed E-state index contributed by atoms with van der Waals surface area (Å²) < 4.78 is 0. The largest absolute Gasteiger partial charge is 0.370 e. The van der Waals surface area contributed by atoms with E-state index in [9.17, 15) is 9.59 Å². The Balaban J connectivity index is 2.02. The average molecular weight is 367 g/mol. The molecule has 0 saturated carbocycles. The second-order valence-electron chi connectivity index (χ2n) is 6.71. The molecule has 5 nitrogen and oxygen atoms in total. The van der Waals surface area contributed by atoms with Gasteiger partial charge in [-0.25, -0.2) is 4.79 Å². The van der Waals surface area contributed by atoms with Crippen molar-refractivity contribution in [1.82, 2.24) is 4.90 Å². The summed E-state index contributed by atoms with van der Waals surface area (Å²) in [4.78, 5) is 25.4. The third-order valence-electron chi connectivity index (χ3n) is 4.38. The maximum atomic E-state index is 12.7. The van der Waals surface area contributed by atoms with Gasteiger partial charge in [-0.05, 0) is 42.5 Å². The van der Waals surface area contributed by atoms with Crippen molar-refractivity contribution < 1.29 is 9.59 Å². The minimum Gasteiger partial charge on any atom is -0.370 e. The molecule has 0 heterocycles. The van der Waals surface area contributed by atoms with Gasteiger partial charge in [0.25, 0.3) is 0 Å². The molecule has 0 bridgehead atoms. The van der Waals surface area contributed by atoms with Gasteiger partial charge in [-0.15, -0.1) is 0 Å².